The molecule has 5 rings (SSSR count). The van der Waals surface area contributed by atoms with E-state index < -0.39 is 40.9 Å². The molecule has 8 N–H and O–H groups in total. The molecular formula is C28H38N8O7S2. The fourth-order valence-corrected chi connectivity index (χ4v) is 6.54. The summed E-state index contributed by atoms with van der Waals surface area (Å²) in [5.41, 5.74) is 18.9. The van der Waals surface area contributed by atoms with Gasteiger partial charge in [0.05, 0.1) is 11.6 Å². The van der Waals surface area contributed by atoms with E-state index in [1.54, 1.807) is 26.2 Å². The first-order chi connectivity index (χ1) is 21.3. The van der Waals surface area contributed by atoms with E-state index in [2.05, 4.69) is 19.7 Å². The summed E-state index contributed by atoms with van der Waals surface area (Å²) in [6.45, 7) is 4.91. The number of nitrogens with zero attached hydrogens (tertiary/aromatic N) is 4. The van der Waals surface area contributed by atoms with Crippen molar-refractivity contribution in [2.75, 3.05) is 5.73 Å². The number of carbonyl (C=O) groups excluding carboxylic acids is 2. The van der Waals surface area contributed by atoms with Crippen molar-refractivity contribution in [3.63, 3.8) is 0 Å². The number of anilines is 1. The maximum atomic E-state index is 13.3. The lowest BCUT2D eigenvalue weighted by molar-refractivity contribution is -0.216. The molecule has 1 saturated carbocycles. The molecule has 2 amide bonds. The first-order valence-electron chi connectivity index (χ1n) is 14.6. The standard InChI is InChI=1S/C28H38N8O7S2/c1-14(20-10-4-15-12-16(5-11-21(15)41-20)24(30)32-18-8-6-17(29)7-9-18)42-35-22(19-13-44-27(31)33-19)25(37)34-23-26(38)36(28(23,2)3)43-45(39)40/h5,11-14,17-18,20,23H,4,6-10,29H2,1-3H3,(H2,30,32)(H2,31,33)(H,34,37)(H,39,40)/b35-22-. The second kappa shape index (κ2) is 13.4. The summed E-state index contributed by atoms with van der Waals surface area (Å²) in [6.07, 6.45) is 4.20. The van der Waals surface area contributed by atoms with Gasteiger partial charge in [0.1, 0.15) is 29.4 Å². The van der Waals surface area contributed by atoms with E-state index in [-0.39, 0.29) is 34.7 Å². The Morgan fingerprint density at radius 1 is 1.29 bits per heavy atom. The van der Waals surface area contributed by atoms with Crippen molar-refractivity contribution in [3.8, 4) is 5.75 Å². The van der Waals surface area contributed by atoms with Gasteiger partial charge in [-0.2, -0.15) is 9.27 Å². The average molecular weight is 663 g/mol. The van der Waals surface area contributed by atoms with Crippen LogP contribution in [-0.4, -0.2) is 78.0 Å². The predicted molar refractivity (Wildman–Crippen MR) is 168 cm³/mol. The van der Waals surface area contributed by atoms with E-state index in [1.807, 2.05) is 18.2 Å². The number of nitrogen functional groups attached to an aromatic ring is 1. The Labute approximate surface area is 267 Å². The van der Waals surface area contributed by atoms with Gasteiger partial charge in [0.2, 0.25) is 0 Å². The van der Waals surface area contributed by atoms with Gasteiger partial charge in [-0.25, -0.2) is 4.98 Å². The number of nitrogens with one attached hydrogen (secondary N) is 1. The summed E-state index contributed by atoms with van der Waals surface area (Å²) >= 11 is -1.60. The molecule has 4 unspecified atom stereocenters. The van der Waals surface area contributed by atoms with Crippen molar-refractivity contribution in [2.24, 2.45) is 21.6 Å². The number of amides is 2. The maximum absolute atomic E-state index is 13.3. The van der Waals surface area contributed by atoms with Gasteiger partial charge in [0.15, 0.2) is 16.9 Å². The number of aliphatic imine (C=N–C) groups is 1. The van der Waals surface area contributed by atoms with Crippen molar-refractivity contribution in [3.05, 3.63) is 40.4 Å². The zero-order valence-corrected chi connectivity index (χ0v) is 26.8. The molecule has 17 heteroatoms. The summed E-state index contributed by atoms with van der Waals surface area (Å²) in [7, 11) is 0. The Bertz CT molecular complexity index is 1520. The van der Waals surface area contributed by atoms with Gasteiger partial charge in [0.25, 0.3) is 11.8 Å². The molecule has 1 aliphatic carbocycles. The van der Waals surface area contributed by atoms with Crippen molar-refractivity contribution in [1.29, 1.82) is 0 Å². The van der Waals surface area contributed by atoms with Gasteiger partial charge in [-0.1, -0.05) is 5.16 Å². The molecule has 15 nitrogen and oxygen atoms in total. The number of amidine groups is 1. The highest BCUT2D eigenvalue weighted by atomic mass is 32.2. The molecule has 0 radical (unpaired) electrons. The number of thiazole rings is 1. The third-order valence-corrected chi connectivity index (χ3v) is 9.25. The molecule has 3 heterocycles. The molecular weight excluding hydrogens is 624 g/mol. The van der Waals surface area contributed by atoms with Gasteiger partial charge < -0.3 is 32.1 Å². The number of carbonyl (C=O) groups is 2. The number of oxime groups is 1. The second-order valence-electron chi connectivity index (χ2n) is 11.9. The van der Waals surface area contributed by atoms with E-state index in [9.17, 15) is 13.8 Å². The summed E-state index contributed by atoms with van der Waals surface area (Å²) in [5, 5.41) is 9.20. The minimum Gasteiger partial charge on any atom is -0.486 e. The van der Waals surface area contributed by atoms with Crippen molar-refractivity contribution in [1.82, 2.24) is 15.4 Å². The number of rotatable bonds is 10. The Morgan fingerprint density at radius 3 is 2.67 bits per heavy atom. The number of β-lactam (4-membered cyclic amide) rings is 1. The largest absolute Gasteiger partial charge is 0.486 e. The fraction of sp³-hybridized carbons (Fsp3) is 0.536. The SMILES string of the molecule is CC(O/N=C(\C(=O)NC1C(=O)N(OS(=O)O)C1(C)C)c1csc(N)n1)C1CCc2cc(C(N)=NC3CCC(N)CC3)ccc2O1. The zero-order valence-electron chi connectivity index (χ0n) is 25.2. The van der Waals surface area contributed by atoms with Crippen LogP contribution in [0, 0.1) is 0 Å². The minimum absolute atomic E-state index is 0.161. The van der Waals surface area contributed by atoms with E-state index >= 15 is 0 Å². The third kappa shape index (κ3) is 7.27. The summed E-state index contributed by atoms with van der Waals surface area (Å²) in [6, 6.07) is 5.15. The van der Waals surface area contributed by atoms with Crippen molar-refractivity contribution < 1.29 is 32.2 Å². The zero-order chi connectivity index (χ0) is 32.5. The van der Waals surface area contributed by atoms with Crippen LogP contribution in [0.4, 0.5) is 5.13 Å². The quantitative estimate of drug-likeness (QED) is 0.0802. The van der Waals surface area contributed by atoms with Crippen LogP contribution in [0.2, 0.25) is 0 Å². The number of hydroxylamine groups is 2. The predicted octanol–water partition coefficient (Wildman–Crippen LogP) is 1.38. The normalized spacial score (nSPS) is 26.2. The van der Waals surface area contributed by atoms with E-state index in [0.717, 1.165) is 53.2 Å². The van der Waals surface area contributed by atoms with Crippen molar-refractivity contribution in [2.45, 2.75) is 95.2 Å². The third-order valence-electron chi connectivity index (χ3n) is 8.30. The monoisotopic (exact) mass is 662 g/mol. The Kier molecular flexibility index (Phi) is 9.74. The molecule has 4 atom stereocenters. The number of nitrogens with two attached hydrogens (primary N) is 3. The Morgan fingerprint density at radius 2 is 2.02 bits per heavy atom. The number of benzene rings is 1. The fourth-order valence-electron chi connectivity index (χ4n) is 5.59. The van der Waals surface area contributed by atoms with E-state index in [0.29, 0.717) is 24.4 Å². The van der Waals surface area contributed by atoms with Crippen LogP contribution < -0.4 is 27.3 Å². The van der Waals surface area contributed by atoms with Gasteiger partial charge in [-0.05, 0) is 83.1 Å². The molecule has 45 heavy (non-hydrogen) atoms. The van der Waals surface area contributed by atoms with Crippen LogP contribution in [0.25, 0.3) is 0 Å². The van der Waals surface area contributed by atoms with Gasteiger partial charge >= 0.3 is 11.4 Å². The molecule has 1 aromatic heterocycles. The van der Waals surface area contributed by atoms with Crippen LogP contribution in [-0.2, 0) is 36.5 Å². The van der Waals surface area contributed by atoms with E-state index in [4.69, 9.17) is 36.3 Å². The molecule has 0 bridgehead atoms. The molecule has 1 saturated heterocycles. The Hall–Kier alpha value is -3.64. The smallest absolute Gasteiger partial charge is 0.325 e. The van der Waals surface area contributed by atoms with Crippen LogP contribution in [0.3, 0.4) is 0 Å². The summed E-state index contributed by atoms with van der Waals surface area (Å²) in [5.74, 6) is -0.235. The molecule has 2 aliphatic heterocycles. The molecule has 0 spiro atoms. The van der Waals surface area contributed by atoms with Gasteiger partial charge in [0, 0.05) is 17.0 Å². The topological polar surface area (TPSA) is 230 Å². The van der Waals surface area contributed by atoms with Gasteiger partial charge in [-0.15, -0.1) is 15.6 Å². The van der Waals surface area contributed by atoms with Gasteiger partial charge in [-0.3, -0.25) is 19.1 Å². The molecule has 2 aromatic rings. The number of aryl methyl sites for hydroxylation is 1. The molecule has 3 aliphatic rings. The number of aromatic nitrogens is 1. The molecule has 1 aromatic carbocycles. The molecule has 244 valence electrons. The molecule has 2 fully saturated rings. The first kappa shape index (κ1) is 32.7. The van der Waals surface area contributed by atoms with E-state index in [1.165, 1.54) is 0 Å². The highest BCUT2D eigenvalue weighted by molar-refractivity contribution is 7.74. The number of ether oxygens (including phenoxy) is 1. The first-order valence-corrected chi connectivity index (χ1v) is 16.5. The van der Waals surface area contributed by atoms with Crippen molar-refractivity contribution >= 4 is 51.2 Å². The highest BCUT2D eigenvalue weighted by Crippen LogP contribution is 2.33. The minimum atomic E-state index is -2.71. The van der Waals surface area contributed by atoms with Crippen LogP contribution in [0.1, 0.15) is 69.7 Å². The average Bonchev–Trinajstić information content (AvgIpc) is 3.44. The van der Waals surface area contributed by atoms with Crippen LogP contribution in [0.15, 0.2) is 33.7 Å². The lowest BCUT2D eigenvalue weighted by Crippen LogP contribution is -2.76. The lowest BCUT2D eigenvalue weighted by Gasteiger charge is -2.50. The number of hydrogen-bond donors (Lipinski definition) is 5. The summed E-state index contributed by atoms with van der Waals surface area (Å²) in [4.78, 5) is 40.5. The Balaban J connectivity index is 1.24. The summed E-state index contributed by atoms with van der Waals surface area (Å²) < 4.78 is 31.0. The second-order valence-corrected chi connectivity index (χ2v) is 13.4. The number of fused-ring (bicyclic) bond motifs is 1. The highest BCUT2D eigenvalue weighted by Gasteiger charge is 2.57. The van der Waals surface area contributed by atoms with Crippen LogP contribution >= 0.6 is 11.3 Å². The maximum Gasteiger partial charge on any atom is 0.325 e. The number of hydrogen-bond acceptors (Lipinski definition) is 12. The lowest BCUT2D eigenvalue weighted by atomic mass is 9.84. The van der Waals surface area contributed by atoms with Crippen LogP contribution in [0.5, 0.6) is 5.75 Å².